The Bertz CT molecular complexity index is 592. The molecule has 0 amide bonds. The Morgan fingerprint density at radius 1 is 1.28 bits per heavy atom. The molecule has 1 atom stereocenters. The minimum atomic E-state index is 0.423. The average molecular weight is 261 g/mol. The Morgan fingerprint density at radius 3 is 2.78 bits per heavy atom. The second-order valence-corrected chi connectivity index (χ2v) is 5.56. The number of nitrogens with zero attached hydrogens (tertiary/aromatic N) is 2. The van der Waals surface area contributed by atoms with Crippen molar-refractivity contribution in [2.75, 3.05) is 19.6 Å². The van der Waals surface area contributed by atoms with Crippen LogP contribution in [0, 0.1) is 4.77 Å². The van der Waals surface area contributed by atoms with E-state index in [1.54, 1.807) is 0 Å². The Morgan fingerprint density at radius 2 is 2.00 bits per heavy atom. The quantitative estimate of drug-likeness (QED) is 0.857. The van der Waals surface area contributed by atoms with E-state index in [0.29, 0.717) is 6.04 Å². The number of nitrogens with one attached hydrogen (secondary N) is 1. The van der Waals surface area contributed by atoms with Crippen molar-refractivity contribution in [1.82, 2.24) is 14.5 Å². The van der Waals surface area contributed by atoms with Crippen molar-refractivity contribution in [3.8, 4) is 0 Å². The number of aromatic nitrogens is 2. The monoisotopic (exact) mass is 261 g/mol. The molecule has 1 aromatic heterocycles. The molecule has 1 saturated heterocycles. The van der Waals surface area contributed by atoms with Crippen molar-refractivity contribution in [3.05, 3.63) is 29.0 Å². The number of benzene rings is 1. The number of likely N-dealkylation sites (tertiary alicyclic amines) is 1. The second-order valence-electron chi connectivity index (χ2n) is 5.17. The van der Waals surface area contributed by atoms with E-state index in [1.807, 2.05) is 6.07 Å². The van der Waals surface area contributed by atoms with Crippen LogP contribution in [0.1, 0.15) is 25.8 Å². The number of rotatable bonds is 3. The van der Waals surface area contributed by atoms with E-state index in [4.69, 9.17) is 12.2 Å². The van der Waals surface area contributed by atoms with Gasteiger partial charge in [0.2, 0.25) is 0 Å². The highest BCUT2D eigenvalue weighted by Gasteiger charge is 2.17. The highest BCUT2D eigenvalue weighted by molar-refractivity contribution is 7.71. The SMILES string of the molecule is CC(CN1CCCC1)n1c(=S)[nH]c2ccccc21. The van der Waals surface area contributed by atoms with Crippen LogP contribution in [0.5, 0.6) is 0 Å². The molecule has 0 spiro atoms. The summed E-state index contributed by atoms with van der Waals surface area (Å²) in [6.07, 6.45) is 2.68. The molecule has 4 heteroatoms. The number of H-pyrrole nitrogens is 1. The highest BCUT2D eigenvalue weighted by Crippen LogP contribution is 2.20. The summed E-state index contributed by atoms with van der Waals surface area (Å²) in [5, 5.41) is 0. The molecule has 0 bridgehead atoms. The first kappa shape index (κ1) is 11.9. The molecule has 1 aliphatic heterocycles. The van der Waals surface area contributed by atoms with Gasteiger partial charge in [-0.3, -0.25) is 0 Å². The molecular formula is C14H19N3S. The highest BCUT2D eigenvalue weighted by atomic mass is 32.1. The summed E-state index contributed by atoms with van der Waals surface area (Å²) < 4.78 is 3.09. The summed E-state index contributed by atoms with van der Waals surface area (Å²) in [6.45, 7) is 5.82. The molecule has 18 heavy (non-hydrogen) atoms. The van der Waals surface area contributed by atoms with E-state index in [9.17, 15) is 0 Å². The van der Waals surface area contributed by atoms with Crippen LogP contribution in [-0.4, -0.2) is 34.1 Å². The van der Waals surface area contributed by atoms with Crippen molar-refractivity contribution >= 4 is 23.3 Å². The van der Waals surface area contributed by atoms with Crippen LogP contribution in [-0.2, 0) is 0 Å². The minimum absolute atomic E-state index is 0.423. The van der Waals surface area contributed by atoms with Gasteiger partial charge in [-0.1, -0.05) is 12.1 Å². The predicted octanol–water partition coefficient (Wildman–Crippen LogP) is 3.36. The van der Waals surface area contributed by atoms with E-state index in [2.05, 4.69) is 39.6 Å². The van der Waals surface area contributed by atoms with Crippen LogP contribution >= 0.6 is 12.2 Å². The van der Waals surface area contributed by atoms with Crippen LogP contribution in [0.15, 0.2) is 24.3 Å². The Hall–Kier alpha value is -1.13. The van der Waals surface area contributed by atoms with Crippen LogP contribution < -0.4 is 0 Å². The normalized spacial score (nSPS) is 18.5. The molecule has 1 N–H and O–H groups in total. The molecule has 3 nitrogen and oxygen atoms in total. The molecule has 1 aromatic carbocycles. The van der Waals surface area contributed by atoms with Gasteiger partial charge in [-0.15, -0.1) is 0 Å². The Labute approximate surface area is 112 Å². The molecule has 2 aromatic rings. The van der Waals surface area contributed by atoms with Gasteiger partial charge in [-0.25, -0.2) is 0 Å². The van der Waals surface area contributed by atoms with Gasteiger partial charge in [-0.2, -0.15) is 0 Å². The molecule has 3 rings (SSSR count). The van der Waals surface area contributed by atoms with Crippen molar-refractivity contribution in [3.63, 3.8) is 0 Å². The average Bonchev–Trinajstić information content (AvgIpc) is 2.94. The number of aromatic amines is 1. The summed E-state index contributed by atoms with van der Waals surface area (Å²) in [6, 6.07) is 8.77. The standard InChI is InChI=1S/C14H19N3S/c1-11(10-16-8-4-5-9-16)17-13-7-3-2-6-12(13)15-14(17)18/h2-3,6-7,11H,4-5,8-10H2,1H3,(H,15,18). The van der Waals surface area contributed by atoms with Crippen molar-refractivity contribution in [2.45, 2.75) is 25.8 Å². The minimum Gasteiger partial charge on any atom is -0.331 e. The second kappa shape index (κ2) is 4.86. The maximum Gasteiger partial charge on any atom is 0.178 e. The van der Waals surface area contributed by atoms with Gasteiger partial charge in [0.1, 0.15) is 0 Å². The maximum atomic E-state index is 5.46. The Balaban J connectivity index is 1.92. The van der Waals surface area contributed by atoms with E-state index >= 15 is 0 Å². The van der Waals surface area contributed by atoms with Crippen molar-refractivity contribution in [1.29, 1.82) is 0 Å². The Kier molecular flexibility index (Phi) is 3.22. The summed E-state index contributed by atoms with van der Waals surface area (Å²) in [5.41, 5.74) is 2.35. The number of imidazole rings is 1. The van der Waals surface area contributed by atoms with Crippen molar-refractivity contribution in [2.24, 2.45) is 0 Å². The molecule has 0 radical (unpaired) electrons. The topological polar surface area (TPSA) is 24.0 Å². The molecule has 0 aliphatic carbocycles. The van der Waals surface area contributed by atoms with E-state index in [0.717, 1.165) is 16.8 Å². The third-order valence-corrected chi connectivity index (χ3v) is 4.08. The van der Waals surface area contributed by atoms with Gasteiger partial charge in [0.05, 0.1) is 11.0 Å². The summed E-state index contributed by atoms with van der Waals surface area (Å²) in [4.78, 5) is 5.83. The van der Waals surface area contributed by atoms with Gasteiger partial charge in [0, 0.05) is 12.6 Å². The van der Waals surface area contributed by atoms with Gasteiger partial charge >= 0.3 is 0 Å². The van der Waals surface area contributed by atoms with Gasteiger partial charge in [0.25, 0.3) is 0 Å². The van der Waals surface area contributed by atoms with Gasteiger partial charge in [0.15, 0.2) is 4.77 Å². The summed E-state index contributed by atoms with van der Waals surface area (Å²) in [5.74, 6) is 0. The molecule has 96 valence electrons. The number of para-hydroxylation sites is 2. The maximum absolute atomic E-state index is 5.46. The number of hydrogen-bond acceptors (Lipinski definition) is 2. The summed E-state index contributed by atoms with van der Waals surface area (Å²) in [7, 11) is 0. The van der Waals surface area contributed by atoms with Crippen LogP contribution in [0.25, 0.3) is 11.0 Å². The van der Waals surface area contributed by atoms with E-state index < -0.39 is 0 Å². The number of fused-ring (bicyclic) bond motifs is 1. The third kappa shape index (κ3) is 2.10. The smallest absolute Gasteiger partial charge is 0.178 e. The molecule has 2 heterocycles. The first-order chi connectivity index (χ1) is 8.75. The van der Waals surface area contributed by atoms with E-state index in [1.165, 1.54) is 31.4 Å². The lowest BCUT2D eigenvalue weighted by atomic mass is 10.2. The largest absolute Gasteiger partial charge is 0.331 e. The van der Waals surface area contributed by atoms with Crippen LogP contribution in [0.3, 0.4) is 0 Å². The molecule has 1 fully saturated rings. The zero-order valence-corrected chi connectivity index (χ0v) is 11.5. The lowest BCUT2D eigenvalue weighted by molar-refractivity contribution is 0.289. The molecule has 1 aliphatic rings. The van der Waals surface area contributed by atoms with Crippen molar-refractivity contribution < 1.29 is 0 Å². The van der Waals surface area contributed by atoms with Crippen LogP contribution in [0.2, 0.25) is 0 Å². The zero-order chi connectivity index (χ0) is 12.5. The number of hydrogen-bond donors (Lipinski definition) is 1. The lowest BCUT2D eigenvalue weighted by Crippen LogP contribution is -2.27. The lowest BCUT2D eigenvalue weighted by Gasteiger charge is -2.21. The zero-order valence-electron chi connectivity index (χ0n) is 10.7. The fourth-order valence-corrected chi connectivity index (χ4v) is 3.32. The third-order valence-electron chi connectivity index (χ3n) is 3.79. The summed E-state index contributed by atoms with van der Waals surface area (Å²) >= 11 is 5.46. The fraction of sp³-hybridized carbons (Fsp3) is 0.500. The first-order valence-corrected chi connectivity index (χ1v) is 7.08. The predicted molar refractivity (Wildman–Crippen MR) is 77.5 cm³/mol. The molecule has 1 unspecified atom stereocenters. The van der Waals surface area contributed by atoms with Crippen LogP contribution in [0.4, 0.5) is 0 Å². The van der Waals surface area contributed by atoms with E-state index in [-0.39, 0.29) is 0 Å². The van der Waals surface area contributed by atoms with Gasteiger partial charge < -0.3 is 14.5 Å². The molecular weight excluding hydrogens is 242 g/mol. The van der Waals surface area contributed by atoms with Gasteiger partial charge in [-0.05, 0) is 57.2 Å². The molecule has 0 saturated carbocycles. The fourth-order valence-electron chi connectivity index (χ4n) is 2.93. The first-order valence-electron chi connectivity index (χ1n) is 6.67.